The first-order valence-corrected chi connectivity index (χ1v) is 14.0. The Labute approximate surface area is 225 Å². The second-order valence-electron chi connectivity index (χ2n) is 9.82. The van der Waals surface area contributed by atoms with E-state index in [-0.39, 0.29) is 42.8 Å². The molecule has 0 aromatic carbocycles. The number of nitrogens with one attached hydrogen (secondary N) is 4. The summed E-state index contributed by atoms with van der Waals surface area (Å²) >= 11 is 0. The van der Waals surface area contributed by atoms with Gasteiger partial charge in [0.2, 0.25) is 11.8 Å². The molecule has 0 spiro atoms. The summed E-state index contributed by atoms with van der Waals surface area (Å²) in [6, 6.07) is 0.499. The Kier molecular flexibility index (Phi) is 16.4. The van der Waals surface area contributed by atoms with Gasteiger partial charge in [-0.3, -0.25) is 14.4 Å². The fourth-order valence-electron chi connectivity index (χ4n) is 4.76. The molecule has 2 aliphatic rings. The highest BCUT2D eigenvalue weighted by molar-refractivity contribution is 5.78. The van der Waals surface area contributed by atoms with Crippen molar-refractivity contribution >= 4 is 23.8 Å². The quantitative estimate of drug-likeness (QED) is 0.121. The number of hydrogen-bond donors (Lipinski definition) is 5. The zero-order valence-corrected chi connectivity index (χ0v) is 22.5. The van der Waals surface area contributed by atoms with Gasteiger partial charge >= 0.3 is 12.0 Å². The first-order chi connectivity index (χ1) is 18.5. The molecule has 4 amide bonds. The van der Waals surface area contributed by atoms with Gasteiger partial charge < -0.3 is 40.6 Å². The van der Waals surface area contributed by atoms with E-state index in [4.69, 9.17) is 19.3 Å². The summed E-state index contributed by atoms with van der Waals surface area (Å²) in [6.45, 7) is 4.07. The minimum absolute atomic E-state index is 0.00502. The van der Waals surface area contributed by atoms with E-state index in [0.29, 0.717) is 77.9 Å². The second-order valence-corrected chi connectivity index (χ2v) is 9.82. The molecule has 0 aromatic heterocycles. The lowest BCUT2D eigenvalue weighted by Crippen LogP contribution is -2.33. The lowest BCUT2D eigenvalue weighted by atomic mass is 9.96. The molecule has 1 aliphatic heterocycles. The number of carbonyl (C=O) groups is 4. The van der Waals surface area contributed by atoms with E-state index in [1.54, 1.807) is 0 Å². The number of carboxylic acid groups (broad SMARTS) is 1. The Morgan fingerprint density at radius 1 is 0.737 bits per heavy atom. The van der Waals surface area contributed by atoms with Crippen LogP contribution >= 0.6 is 0 Å². The Hall–Kier alpha value is -2.44. The normalized spacial score (nSPS) is 20.0. The molecule has 12 heteroatoms. The number of carbonyl (C=O) groups excluding carboxylic acids is 3. The Balaban J connectivity index is 1.25. The molecule has 0 unspecified atom stereocenters. The molecule has 3 atom stereocenters. The molecular weight excluding hydrogens is 496 g/mol. The summed E-state index contributed by atoms with van der Waals surface area (Å²) in [7, 11) is 0. The number of rotatable bonds is 23. The zero-order chi connectivity index (χ0) is 27.4. The van der Waals surface area contributed by atoms with E-state index in [9.17, 15) is 19.2 Å². The molecule has 2 rings (SSSR count). The lowest BCUT2D eigenvalue weighted by Gasteiger charge is -2.17. The summed E-state index contributed by atoms with van der Waals surface area (Å²) in [5.41, 5.74) is 0. The van der Waals surface area contributed by atoms with E-state index >= 15 is 0 Å². The molecule has 38 heavy (non-hydrogen) atoms. The van der Waals surface area contributed by atoms with Crippen LogP contribution < -0.4 is 21.3 Å². The van der Waals surface area contributed by atoms with Gasteiger partial charge in [-0.05, 0) is 50.9 Å². The predicted octanol–water partition coefficient (Wildman–Crippen LogP) is 1.32. The number of aliphatic carboxylic acids is 1. The minimum atomic E-state index is -0.891. The van der Waals surface area contributed by atoms with Gasteiger partial charge in [0.25, 0.3) is 0 Å². The molecular formula is C26H46N4O8. The lowest BCUT2D eigenvalue weighted by molar-refractivity contribution is -0.137. The van der Waals surface area contributed by atoms with Crippen LogP contribution in [-0.4, -0.2) is 93.7 Å². The van der Waals surface area contributed by atoms with Crippen molar-refractivity contribution in [2.75, 3.05) is 52.7 Å². The highest BCUT2D eigenvalue weighted by Gasteiger charge is 2.41. The van der Waals surface area contributed by atoms with E-state index in [0.717, 1.165) is 38.5 Å². The van der Waals surface area contributed by atoms with Crippen molar-refractivity contribution in [2.24, 2.45) is 5.92 Å². The zero-order valence-electron chi connectivity index (χ0n) is 22.5. The number of ether oxygens (including phenoxy) is 3. The largest absolute Gasteiger partial charge is 0.481 e. The molecule has 1 saturated heterocycles. The third-order valence-electron chi connectivity index (χ3n) is 6.75. The predicted molar refractivity (Wildman–Crippen MR) is 140 cm³/mol. The van der Waals surface area contributed by atoms with Gasteiger partial charge in [0.1, 0.15) is 0 Å². The topological polar surface area (TPSA) is 164 Å². The SMILES string of the molecule is O=C(O)CCCC(=O)NCCCOCCOCCOCCCNC(=O)CCCC[C@@H]1CC[C@@H]2NC(=O)N[C@H]12. The van der Waals surface area contributed by atoms with Crippen molar-refractivity contribution in [3.05, 3.63) is 0 Å². The summed E-state index contributed by atoms with van der Waals surface area (Å²) in [4.78, 5) is 45.3. The van der Waals surface area contributed by atoms with Crippen LogP contribution in [0.5, 0.6) is 0 Å². The molecule has 12 nitrogen and oxygen atoms in total. The number of hydrogen-bond acceptors (Lipinski definition) is 7. The Morgan fingerprint density at radius 2 is 1.32 bits per heavy atom. The highest BCUT2D eigenvalue weighted by Crippen LogP contribution is 2.32. The third kappa shape index (κ3) is 14.5. The van der Waals surface area contributed by atoms with Crippen LogP contribution in [-0.2, 0) is 28.6 Å². The minimum Gasteiger partial charge on any atom is -0.481 e. The van der Waals surface area contributed by atoms with E-state index in [2.05, 4.69) is 21.3 Å². The molecule has 5 N–H and O–H groups in total. The molecule has 0 aromatic rings. The first-order valence-electron chi connectivity index (χ1n) is 14.0. The van der Waals surface area contributed by atoms with Crippen LogP contribution in [0, 0.1) is 5.92 Å². The highest BCUT2D eigenvalue weighted by atomic mass is 16.5. The van der Waals surface area contributed by atoms with Gasteiger partial charge in [-0.2, -0.15) is 0 Å². The van der Waals surface area contributed by atoms with Crippen molar-refractivity contribution in [1.29, 1.82) is 0 Å². The maximum atomic E-state index is 12.0. The van der Waals surface area contributed by atoms with Gasteiger partial charge in [-0.25, -0.2) is 4.79 Å². The average Bonchev–Trinajstić information content (AvgIpc) is 3.43. The summed E-state index contributed by atoms with van der Waals surface area (Å²) < 4.78 is 16.4. The summed E-state index contributed by atoms with van der Waals surface area (Å²) in [5.74, 6) is -0.434. The number of amides is 4. The van der Waals surface area contributed by atoms with Crippen molar-refractivity contribution in [2.45, 2.75) is 82.7 Å². The molecule has 0 radical (unpaired) electrons. The maximum absolute atomic E-state index is 12.0. The average molecular weight is 543 g/mol. The number of fused-ring (bicyclic) bond motifs is 1. The maximum Gasteiger partial charge on any atom is 0.315 e. The molecule has 1 heterocycles. The first kappa shape index (κ1) is 31.8. The van der Waals surface area contributed by atoms with E-state index in [1.807, 2.05) is 0 Å². The Bertz CT molecular complexity index is 723. The van der Waals surface area contributed by atoms with Crippen LogP contribution in [0.25, 0.3) is 0 Å². The number of unbranched alkanes of at least 4 members (excludes halogenated alkanes) is 1. The Morgan fingerprint density at radius 3 is 1.92 bits per heavy atom. The molecule has 0 bridgehead atoms. The van der Waals surface area contributed by atoms with Gasteiger partial charge in [0.05, 0.1) is 38.5 Å². The third-order valence-corrected chi connectivity index (χ3v) is 6.75. The fourth-order valence-corrected chi connectivity index (χ4v) is 4.76. The van der Waals surface area contributed by atoms with Crippen molar-refractivity contribution in [3.8, 4) is 0 Å². The molecule has 2 fully saturated rings. The van der Waals surface area contributed by atoms with Crippen LogP contribution in [0.3, 0.4) is 0 Å². The molecule has 1 aliphatic carbocycles. The molecule has 1 saturated carbocycles. The fraction of sp³-hybridized carbons (Fsp3) is 0.846. The van der Waals surface area contributed by atoms with Gasteiger partial charge in [0, 0.05) is 45.6 Å². The van der Waals surface area contributed by atoms with Crippen LogP contribution in [0.15, 0.2) is 0 Å². The van der Waals surface area contributed by atoms with Crippen LogP contribution in [0.2, 0.25) is 0 Å². The molecule has 218 valence electrons. The number of carboxylic acids is 1. The standard InChI is InChI=1S/C26H46N4O8/c31-22(7-2-1-6-20-10-11-21-25(20)30-26(35)29-21)27-12-4-14-36-16-18-38-19-17-37-15-5-13-28-23(32)8-3-9-24(33)34/h20-21,25H,1-19H2,(H,27,31)(H,28,32)(H,33,34)(H2,29,30,35)/t20-,21+,25-/m1/s1. The van der Waals surface area contributed by atoms with E-state index in [1.165, 1.54) is 0 Å². The van der Waals surface area contributed by atoms with Gasteiger partial charge in [-0.15, -0.1) is 0 Å². The van der Waals surface area contributed by atoms with Crippen LogP contribution in [0.4, 0.5) is 4.79 Å². The van der Waals surface area contributed by atoms with Crippen LogP contribution in [0.1, 0.15) is 70.6 Å². The smallest absolute Gasteiger partial charge is 0.315 e. The number of urea groups is 1. The summed E-state index contributed by atoms with van der Waals surface area (Å²) in [5, 5.41) is 20.2. The monoisotopic (exact) mass is 542 g/mol. The summed E-state index contributed by atoms with van der Waals surface area (Å²) in [6.07, 6.45) is 7.65. The second kappa shape index (κ2) is 19.6. The van der Waals surface area contributed by atoms with Crippen molar-refractivity contribution in [1.82, 2.24) is 21.3 Å². The van der Waals surface area contributed by atoms with Crippen molar-refractivity contribution in [3.63, 3.8) is 0 Å². The van der Waals surface area contributed by atoms with Gasteiger partial charge in [0.15, 0.2) is 0 Å². The van der Waals surface area contributed by atoms with Crippen molar-refractivity contribution < 1.29 is 38.5 Å². The van der Waals surface area contributed by atoms with E-state index < -0.39 is 5.97 Å². The van der Waals surface area contributed by atoms with Gasteiger partial charge in [-0.1, -0.05) is 6.42 Å².